The van der Waals surface area contributed by atoms with Crippen molar-refractivity contribution in [2.75, 3.05) is 0 Å². The van der Waals surface area contributed by atoms with Crippen molar-refractivity contribution in [1.29, 1.82) is 0 Å². The third-order valence-electron chi connectivity index (χ3n) is 0.738. The Morgan fingerprint density at radius 1 is 1.89 bits per heavy atom. The zero-order valence-electron chi connectivity index (χ0n) is 4.53. The fourth-order valence-corrected chi connectivity index (χ4v) is 0.386. The quantitative estimate of drug-likeness (QED) is 0.517. The highest BCUT2D eigenvalue weighted by molar-refractivity contribution is 5.84. The maximum atomic E-state index is 10.4. The van der Waals surface area contributed by atoms with E-state index in [0.29, 0.717) is 0 Å². The van der Waals surface area contributed by atoms with Crippen LogP contribution in [0.1, 0.15) is 10.7 Å². The van der Waals surface area contributed by atoms with Crippen LogP contribution in [0.25, 0.3) is 0 Å². The summed E-state index contributed by atoms with van der Waals surface area (Å²) < 4.78 is 8.61. The van der Waals surface area contributed by atoms with E-state index in [2.05, 4.69) is 21.2 Å². The Kier molecular flexibility index (Phi) is 1.48. The van der Waals surface area contributed by atoms with Gasteiger partial charge in [0.2, 0.25) is 0 Å². The summed E-state index contributed by atoms with van der Waals surface area (Å²) in [6.07, 6.45) is 2.64. The third kappa shape index (κ3) is 1.07. The summed E-state index contributed by atoms with van der Waals surface area (Å²) in [6, 6.07) is 0. The first-order valence-corrected chi connectivity index (χ1v) is 2.20. The summed E-state index contributed by atoms with van der Waals surface area (Å²) in [5.41, 5.74) is 0. The first-order chi connectivity index (χ1) is 4.34. The molecule has 0 amide bonds. The summed E-state index contributed by atoms with van der Waals surface area (Å²) >= 11 is 0. The fraction of sp³-hybridized carbons (Fsp3) is 0. The van der Waals surface area contributed by atoms with Gasteiger partial charge < -0.3 is 9.15 Å². The Bertz CT molecular complexity index is 192. The smallest absolute Gasteiger partial charge is 0.394 e. The molecule has 1 heterocycles. The predicted octanol–water partition coefficient (Wildman–Crippen LogP) is 0.623. The van der Waals surface area contributed by atoms with Crippen molar-refractivity contribution in [2.45, 2.75) is 0 Å². The van der Waals surface area contributed by atoms with Crippen molar-refractivity contribution in [2.24, 2.45) is 0 Å². The van der Waals surface area contributed by atoms with Gasteiger partial charge in [-0.15, -0.1) is 0 Å². The molecule has 47 valence electrons. The van der Waals surface area contributed by atoms with Crippen LogP contribution in [0.3, 0.4) is 0 Å². The van der Waals surface area contributed by atoms with Crippen LogP contribution in [0, 0.1) is 7.11 Å². The maximum absolute atomic E-state index is 10.4. The third-order valence-corrected chi connectivity index (χ3v) is 0.738. The summed E-state index contributed by atoms with van der Waals surface area (Å²) in [6.45, 7) is 0. The van der Waals surface area contributed by atoms with E-state index in [1.807, 2.05) is 0 Å². The Morgan fingerprint density at radius 3 is 3.11 bits per heavy atom. The second-order valence-corrected chi connectivity index (χ2v) is 1.27. The lowest BCUT2D eigenvalue weighted by molar-refractivity contribution is 0.0610. The number of oxazole rings is 1. The van der Waals surface area contributed by atoms with E-state index in [-0.39, 0.29) is 5.89 Å². The highest BCUT2D eigenvalue weighted by Crippen LogP contribution is 1.95. The normalized spacial score (nSPS) is 9.00. The van der Waals surface area contributed by atoms with Crippen LogP contribution < -0.4 is 0 Å². The summed E-state index contributed by atoms with van der Waals surface area (Å²) in [5.74, 6) is -0.745. The highest BCUT2D eigenvalue weighted by Gasteiger charge is 2.08. The molecule has 9 heavy (non-hydrogen) atoms. The van der Waals surface area contributed by atoms with E-state index in [9.17, 15) is 4.79 Å². The number of esters is 1. The standard InChI is InChI=1S/C5H4NO3/c1-8-5(7)4-6-2-3-9-4/h2-3H,1H2. The van der Waals surface area contributed by atoms with E-state index in [1.165, 1.54) is 12.5 Å². The number of carbonyl (C=O) groups is 1. The molecule has 0 aromatic carbocycles. The van der Waals surface area contributed by atoms with Gasteiger partial charge in [0.05, 0.1) is 6.20 Å². The molecule has 0 saturated carbocycles. The zero-order valence-corrected chi connectivity index (χ0v) is 4.53. The molecule has 0 unspecified atom stereocenters. The number of aromatic nitrogens is 1. The topological polar surface area (TPSA) is 52.3 Å². The molecule has 0 bridgehead atoms. The summed E-state index contributed by atoms with van der Waals surface area (Å²) in [7, 11) is 2.89. The molecular formula is C5H4NO3. The van der Waals surface area contributed by atoms with Gasteiger partial charge in [0.1, 0.15) is 13.4 Å². The number of carbonyl (C=O) groups excluding carboxylic acids is 1. The van der Waals surface area contributed by atoms with Crippen LogP contribution in [-0.4, -0.2) is 11.0 Å². The molecule has 0 saturated heterocycles. The largest absolute Gasteiger partial charge is 0.455 e. The molecule has 1 aromatic heterocycles. The minimum Gasteiger partial charge on any atom is -0.455 e. The van der Waals surface area contributed by atoms with Gasteiger partial charge in [-0.3, -0.25) is 0 Å². The predicted molar refractivity (Wildman–Crippen MR) is 27.3 cm³/mol. The van der Waals surface area contributed by atoms with Crippen LogP contribution in [-0.2, 0) is 4.74 Å². The number of rotatable bonds is 1. The van der Waals surface area contributed by atoms with Gasteiger partial charge >= 0.3 is 11.9 Å². The van der Waals surface area contributed by atoms with Crippen LogP contribution >= 0.6 is 0 Å². The molecule has 4 nitrogen and oxygen atoms in total. The van der Waals surface area contributed by atoms with Gasteiger partial charge in [-0.25, -0.2) is 9.78 Å². The molecule has 1 aromatic rings. The second kappa shape index (κ2) is 2.30. The minimum atomic E-state index is -0.667. The Morgan fingerprint density at radius 2 is 2.67 bits per heavy atom. The lowest BCUT2D eigenvalue weighted by Crippen LogP contribution is -1.98. The SMILES string of the molecule is [CH2]OC(=O)c1ncco1. The average Bonchev–Trinajstić information content (AvgIpc) is 2.37. The van der Waals surface area contributed by atoms with Crippen LogP contribution in [0.2, 0.25) is 0 Å². The van der Waals surface area contributed by atoms with E-state index >= 15 is 0 Å². The molecule has 0 aliphatic heterocycles. The highest BCUT2D eigenvalue weighted by atomic mass is 16.5. The molecule has 0 fully saturated rings. The average molecular weight is 126 g/mol. The van der Waals surface area contributed by atoms with E-state index in [4.69, 9.17) is 0 Å². The van der Waals surface area contributed by atoms with E-state index in [1.54, 1.807) is 0 Å². The van der Waals surface area contributed by atoms with Crippen LogP contribution in [0.4, 0.5) is 0 Å². The molecule has 0 aliphatic carbocycles. The van der Waals surface area contributed by atoms with Crippen molar-refractivity contribution in [3.8, 4) is 0 Å². The first kappa shape index (κ1) is 5.81. The van der Waals surface area contributed by atoms with Gasteiger partial charge in [-0.05, 0) is 0 Å². The fourth-order valence-electron chi connectivity index (χ4n) is 0.386. The Labute approximate surface area is 51.5 Å². The van der Waals surface area contributed by atoms with Crippen molar-refractivity contribution in [1.82, 2.24) is 4.98 Å². The maximum Gasteiger partial charge on any atom is 0.394 e. The van der Waals surface area contributed by atoms with Crippen LogP contribution in [0.15, 0.2) is 16.9 Å². The molecule has 0 N–H and O–H groups in total. The van der Waals surface area contributed by atoms with E-state index in [0.717, 1.165) is 0 Å². The lowest BCUT2D eigenvalue weighted by atomic mass is 10.7. The first-order valence-electron chi connectivity index (χ1n) is 2.20. The second-order valence-electron chi connectivity index (χ2n) is 1.27. The van der Waals surface area contributed by atoms with Crippen molar-refractivity contribution < 1.29 is 13.9 Å². The van der Waals surface area contributed by atoms with Gasteiger partial charge in [0.15, 0.2) is 0 Å². The zero-order chi connectivity index (χ0) is 6.69. The van der Waals surface area contributed by atoms with Crippen molar-refractivity contribution in [3.05, 3.63) is 25.5 Å². The van der Waals surface area contributed by atoms with Gasteiger partial charge in [-0.2, -0.15) is 0 Å². The lowest BCUT2D eigenvalue weighted by Gasteiger charge is -1.87. The Balaban J connectivity index is 2.77. The molecule has 0 aliphatic rings. The van der Waals surface area contributed by atoms with Gasteiger partial charge in [0.25, 0.3) is 0 Å². The molecule has 1 radical (unpaired) electrons. The van der Waals surface area contributed by atoms with Crippen molar-refractivity contribution in [3.63, 3.8) is 0 Å². The summed E-state index contributed by atoms with van der Waals surface area (Å²) in [4.78, 5) is 13.9. The molecule has 0 atom stereocenters. The van der Waals surface area contributed by atoms with Gasteiger partial charge in [0, 0.05) is 0 Å². The number of nitrogens with zero attached hydrogens (tertiary/aromatic N) is 1. The Hall–Kier alpha value is -1.32. The van der Waals surface area contributed by atoms with Crippen LogP contribution in [0.5, 0.6) is 0 Å². The number of hydrogen-bond acceptors (Lipinski definition) is 4. The molecular weight excluding hydrogens is 122 g/mol. The minimum absolute atomic E-state index is 0.0787. The van der Waals surface area contributed by atoms with Crippen molar-refractivity contribution >= 4 is 5.97 Å². The summed E-state index contributed by atoms with van der Waals surface area (Å²) in [5, 5.41) is 0. The molecule has 4 heteroatoms. The molecule has 0 spiro atoms. The number of hydrogen-bond donors (Lipinski definition) is 0. The monoisotopic (exact) mass is 126 g/mol. The van der Waals surface area contributed by atoms with E-state index < -0.39 is 5.97 Å². The number of ether oxygens (including phenoxy) is 1. The van der Waals surface area contributed by atoms with Gasteiger partial charge in [-0.1, -0.05) is 0 Å². The molecule has 1 rings (SSSR count).